The van der Waals surface area contributed by atoms with Crippen LogP contribution in [0.25, 0.3) is 10.9 Å². The lowest BCUT2D eigenvalue weighted by Gasteiger charge is -2.32. The highest BCUT2D eigenvalue weighted by Crippen LogP contribution is 2.28. The molecule has 146 valence electrons. The first-order valence-electron chi connectivity index (χ1n) is 10.4. The predicted octanol–water partition coefficient (Wildman–Crippen LogP) is 6.06. The first kappa shape index (κ1) is 20.1. The lowest BCUT2D eigenvalue weighted by atomic mass is 9.89. The zero-order valence-electron chi connectivity index (χ0n) is 17.0. The van der Waals surface area contributed by atoms with E-state index in [1.165, 1.54) is 18.4 Å². The van der Waals surface area contributed by atoms with E-state index in [0.29, 0.717) is 5.92 Å². The molecule has 1 saturated heterocycles. The lowest BCUT2D eigenvalue weighted by molar-refractivity contribution is 0.0713. The van der Waals surface area contributed by atoms with E-state index in [4.69, 9.17) is 0 Å². The Morgan fingerprint density at radius 3 is 2.36 bits per heavy atom. The monoisotopic (exact) mass is 374 g/mol. The van der Waals surface area contributed by atoms with Gasteiger partial charge in [0.05, 0.1) is 5.52 Å². The molecule has 1 aliphatic heterocycles. The number of amides is 1. The van der Waals surface area contributed by atoms with Gasteiger partial charge in [0.2, 0.25) is 0 Å². The molecular weight excluding hydrogens is 344 g/mol. The van der Waals surface area contributed by atoms with Gasteiger partial charge in [0.1, 0.15) is 0 Å². The number of fused-ring (bicyclic) bond motifs is 1. The molecule has 1 amide bonds. The summed E-state index contributed by atoms with van der Waals surface area (Å²) in [6.07, 6.45) is 6.48. The minimum Gasteiger partial charge on any atom is -0.339 e. The Bertz CT molecular complexity index is 881. The average molecular weight is 375 g/mol. The second-order valence-electron chi connectivity index (χ2n) is 7.39. The van der Waals surface area contributed by atoms with E-state index < -0.39 is 0 Å². The largest absolute Gasteiger partial charge is 0.339 e. The number of likely N-dealkylation sites (tertiary alicyclic amines) is 1. The summed E-state index contributed by atoms with van der Waals surface area (Å²) in [6.45, 7) is 6.01. The Balaban J connectivity index is 0.000000516. The van der Waals surface area contributed by atoms with Crippen molar-refractivity contribution in [1.29, 1.82) is 0 Å². The molecule has 3 nitrogen and oxygen atoms in total. The van der Waals surface area contributed by atoms with Crippen molar-refractivity contribution in [2.24, 2.45) is 0 Å². The number of rotatable bonds is 3. The SMILES string of the molecule is CCCC.O=C(c1ccc2ncccc2c1)N1CCC(c2ccccc2)CC1. The molecule has 0 spiro atoms. The van der Waals surface area contributed by atoms with Gasteiger partial charge < -0.3 is 4.90 Å². The van der Waals surface area contributed by atoms with Crippen molar-refractivity contribution in [1.82, 2.24) is 9.88 Å². The Hall–Kier alpha value is -2.68. The van der Waals surface area contributed by atoms with Gasteiger partial charge in [-0.15, -0.1) is 0 Å². The number of hydrogen-bond donors (Lipinski definition) is 0. The van der Waals surface area contributed by atoms with Crippen LogP contribution in [-0.4, -0.2) is 28.9 Å². The number of benzene rings is 2. The summed E-state index contributed by atoms with van der Waals surface area (Å²) in [5.41, 5.74) is 3.08. The molecule has 1 fully saturated rings. The second-order valence-corrected chi connectivity index (χ2v) is 7.39. The van der Waals surface area contributed by atoms with Crippen molar-refractivity contribution in [3.8, 4) is 0 Å². The van der Waals surface area contributed by atoms with Crippen LogP contribution in [0.15, 0.2) is 66.9 Å². The summed E-state index contributed by atoms with van der Waals surface area (Å²) in [4.78, 5) is 19.1. The molecule has 0 atom stereocenters. The van der Waals surface area contributed by atoms with E-state index in [-0.39, 0.29) is 5.91 Å². The van der Waals surface area contributed by atoms with E-state index in [2.05, 4.69) is 49.2 Å². The van der Waals surface area contributed by atoms with Crippen LogP contribution in [0.5, 0.6) is 0 Å². The number of carbonyl (C=O) groups is 1. The third-order valence-electron chi connectivity index (χ3n) is 5.40. The van der Waals surface area contributed by atoms with E-state index in [1.54, 1.807) is 6.20 Å². The molecule has 0 N–H and O–H groups in total. The number of piperidine rings is 1. The third kappa shape index (κ3) is 4.98. The molecule has 0 radical (unpaired) electrons. The molecular formula is C25H30N2O. The lowest BCUT2D eigenvalue weighted by Crippen LogP contribution is -2.37. The molecule has 1 aliphatic rings. The number of pyridine rings is 1. The fourth-order valence-electron chi connectivity index (χ4n) is 3.53. The van der Waals surface area contributed by atoms with E-state index >= 15 is 0 Å². The number of unbranched alkanes of at least 4 members (excludes halogenated alkanes) is 1. The van der Waals surface area contributed by atoms with Crippen LogP contribution in [0, 0.1) is 0 Å². The normalized spacial score (nSPS) is 14.4. The molecule has 4 rings (SSSR count). The van der Waals surface area contributed by atoms with Crippen molar-refractivity contribution < 1.29 is 4.79 Å². The Kier molecular flexibility index (Phi) is 7.18. The van der Waals surface area contributed by atoms with Gasteiger partial charge in [0.15, 0.2) is 0 Å². The molecule has 3 aromatic rings. The summed E-state index contributed by atoms with van der Waals surface area (Å²) < 4.78 is 0. The summed E-state index contributed by atoms with van der Waals surface area (Å²) in [6, 6.07) is 20.3. The molecule has 0 unspecified atom stereocenters. The van der Waals surface area contributed by atoms with Crippen LogP contribution >= 0.6 is 0 Å². The number of aromatic nitrogens is 1. The molecule has 1 aromatic heterocycles. The van der Waals surface area contributed by atoms with Gasteiger partial charge in [-0.25, -0.2) is 0 Å². The number of nitrogens with zero attached hydrogens (tertiary/aromatic N) is 2. The molecule has 0 saturated carbocycles. The molecule has 28 heavy (non-hydrogen) atoms. The molecule has 2 heterocycles. The quantitative estimate of drug-likeness (QED) is 0.558. The fourth-order valence-corrected chi connectivity index (χ4v) is 3.53. The third-order valence-corrected chi connectivity index (χ3v) is 5.40. The summed E-state index contributed by atoms with van der Waals surface area (Å²) >= 11 is 0. The standard InChI is InChI=1S/C21H20N2O.C4H10/c24-21(19-8-9-20-18(15-19)7-4-12-22-20)23-13-10-17(11-14-23)16-5-2-1-3-6-16;1-3-4-2/h1-9,12,15,17H,10-11,13-14H2;3-4H2,1-2H3. The highest BCUT2D eigenvalue weighted by molar-refractivity contribution is 5.98. The fraction of sp³-hybridized carbons (Fsp3) is 0.360. The molecule has 2 aromatic carbocycles. The van der Waals surface area contributed by atoms with Gasteiger partial charge >= 0.3 is 0 Å². The highest BCUT2D eigenvalue weighted by Gasteiger charge is 2.24. The molecule has 0 aliphatic carbocycles. The first-order valence-corrected chi connectivity index (χ1v) is 10.4. The van der Waals surface area contributed by atoms with Gasteiger partial charge in [0.25, 0.3) is 5.91 Å². The van der Waals surface area contributed by atoms with Crippen LogP contribution in [0.1, 0.15) is 61.4 Å². The second kappa shape index (κ2) is 10.0. The molecule has 3 heteroatoms. The van der Waals surface area contributed by atoms with Crippen molar-refractivity contribution in [2.75, 3.05) is 13.1 Å². The van der Waals surface area contributed by atoms with Crippen molar-refractivity contribution >= 4 is 16.8 Å². The summed E-state index contributed by atoms with van der Waals surface area (Å²) in [5, 5.41) is 1.02. The molecule has 0 bridgehead atoms. The maximum Gasteiger partial charge on any atom is 0.253 e. The first-order chi connectivity index (χ1) is 13.7. The van der Waals surface area contributed by atoms with Crippen molar-refractivity contribution in [2.45, 2.75) is 45.4 Å². The number of hydrogen-bond acceptors (Lipinski definition) is 2. The predicted molar refractivity (Wildman–Crippen MR) is 117 cm³/mol. The average Bonchev–Trinajstić information content (AvgIpc) is 2.79. The van der Waals surface area contributed by atoms with Gasteiger partial charge in [0, 0.05) is 30.2 Å². The smallest absolute Gasteiger partial charge is 0.253 e. The van der Waals surface area contributed by atoms with Crippen LogP contribution in [0.4, 0.5) is 0 Å². The Labute approximate surface area is 168 Å². The van der Waals surface area contributed by atoms with Gasteiger partial charge in [-0.1, -0.05) is 63.1 Å². The van der Waals surface area contributed by atoms with Crippen molar-refractivity contribution in [3.05, 3.63) is 78.0 Å². The minimum atomic E-state index is 0.132. The van der Waals surface area contributed by atoms with Gasteiger partial charge in [-0.3, -0.25) is 9.78 Å². The van der Waals surface area contributed by atoms with Crippen molar-refractivity contribution in [3.63, 3.8) is 0 Å². The summed E-state index contributed by atoms with van der Waals surface area (Å²) in [7, 11) is 0. The maximum absolute atomic E-state index is 12.8. The Morgan fingerprint density at radius 2 is 1.68 bits per heavy atom. The van der Waals surface area contributed by atoms with Crippen LogP contribution < -0.4 is 0 Å². The minimum absolute atomic E-state index is 0.132. The van der Waals surface area contributed by atoms with E-state index in [1.807, 2.05) is 35.2 Å². The van der Waals surface area contributed by atoms with E-state index in [9.17, 15) is 4.79 Å². The van der Waals surface area contributed by atoms with Crippen LogP contribution in [0.3, 0.4) is 0 Å². The van der Waals surface area contributed by atoms with Gasteiger partial charge in [-0.2, -0.15) is 0 Å². The summed E-state index contributed by atoms with van der Waals surface area (Å²) in [5.74, 6) is 0.698. The highest BCUT2D eigenvalue weighted by atomic mass is 16.2. The Morgan fingerprint density at radius 1 is 0.964 bits per heavy atom. The van der Waals surface area contributed by atoms with Crippen LogP contribution in [-0.2, 0) is 0 Å². The number of carbonyl (C=O) groups excluding carboxylic acids is 1. The topological polar surface area (TPSA) is 33.2 Å². The van der Waals surface area contributed by atoms with E-state index in [0.717, 1.165) is 42.4 Å². The maximum atomic E-state index is 12.8. The zero-order chi connectivity index (χ0) is 19.8. The van der Waals surface area contributed by atoms with Gasteiger partial charge in [-0.05, 0) is 48.6 Å². The van der Waals surface area contributed by atoms with Crippen LogP contribution in [0.2, 0.25) is 0 Å². The zero-order valence-corrected chi connectivity index (χ0v) is 17.0.